The van der Waals surface area contributed by atoms with E-state index in [4.69, 9.17) is 0 Å². The highest BCUT2D eigenvalue weighted by Gasteiger charge is 2.60. The summed E-state index contributed by atoms with van der Waals surface area (Å²) in [5.41, 5.74) is 1.47. The predicted octanol–water partition coefficient (Wildman–Crippen LogP) is 2.76. The van der Waals surface area contributed by atoms with Crippen LogP contribution in [0.25, 0.3) is 10.9 Å². The first kappa shape index (κ1) is 17.1. The summed E-state index contributed by atoms with van der Waals surface area (Å²) in [5.74, 6) is -0.969. The molecule has 0 spiro atoms. The van der Waals surface area contributed by atoms with Crippen LogP contribution >= 0.6 is 0 Å². The van der Waals surface area contributed by atoms with Crippen molar-refractivity contribution in [3.63, 3.8) is 0 Å². The molecular weight excluding hydrogens is 354 g/mol. The van der Waals surface area contributed by atoms with Gasteiger partial charge in [0, 0.05) is 17.3 Å². The first-order valence-electron chi connectivity index (χ1n) is 9.79. The first-order chi connectivity index (χ1) is 13.6. The molecule has 2 bridgehead atoms. The number of pyridine rings is 1. The SMILES string of the molecule is CCC(C(=O)Nc1ccc2ncccc2c1)N1C(=O)C2C3C=CC(C3)C2C1=O. The molecule has 142 valence electrons. The first-order valence-corrected chi connectivity index (χ1v) is 9.79. The molecule has 1 aromatic carbocycles. The van der Waals surface area contributed by atoms with Crippen LogP contribution in [0.4, 0.5) is 5.69 Å². The summed E-state index contributed by atoms with van der Waals surface area (Å²) < 4.78 is 0. The highest BCUT2D eigenvalue weighted by Crippen LogP contribution is 2.53. The molecule has 5 atom stereocenters. The van der Waals surface area contributed by atoms with Crippen molar-refractivity contribution in [2.45, 2.75) is 25.8 Å². The Morgan fingerprint density at radius 2 is 1.89 bits per heavy atom. The zero-order valence-electron chi connectivity index (χ0n) is 15.5. The van der Waals surface area contributed by atoms with E-state index in [2.05, 4.69) is 22.5 Å². The van der Waals surface area contributed by atoms with Crippen molar-refractivity contribution in [2.24, 2.45) is 23.7 Å². The van der Waals surface area contributed by atoms with Gasteiger partial charge in [-0.15, -0.1) is 0 Å². The average molecular weight is 375 g/mol. The van der Waals surface area contributed by atoms with Gasteiger partial charge in [0.05, 0.1) is 17.4 Å². The molecule has 2 heterocycles. The van der Waals surface area contributed by atoms with Crippen LogP contribution in [0.5, 0.6) is 0 Å². The molecule has 1 aromatic heterocycles. The Kier molecular flexibility index (Phi) is 3.82. The van der Waals surface area contributed by atoms with Gasteiger partial charge in [-0.1, -0.05) is 25.1 Å². The predicted molar refractivity (Wildman–Crippen MR) is 104 cm³/mol. The zero-order valence-corrected chi connectivity index (χ0v) is 15.5. The quantitative estimate of drug-likeness (QED) is 0.658. The molecule has 0 radical (unpaired) electrons. The molecule has 28 heavy (non-hydrogen) atoms. The Hall–Kier alpha value is -3.02. The lowest BCUT2D eigenvalue weighted by molar-refractivity contribution is -0.147. The number of allylic oxidation sites excluding steroid dienone is 2. The molecule has 1 saturated heterocycles. The Morgan fingerprint density at radius 3 is 2.57 bits per heavy atom. The Balaban J connectivity index is 1.39. The van der Waals surface area contributed by atoms with Crippen LogP contribution in [-0.4, -0.2) is 33.6 Å². The van der Waals surface area contributed by atoms with E-state index in [1.165, 1.54) is 4.90 Å². The van der Waals surface area contributed by atoms with Gasteiger partial charge in [-0.25, -0.2) is 0 Å². The van der Waals surface area contributed by atoms with Gasteiger partial charge in [0.25, 0.3) is 0 Å². The number of fused-ring (bicyclic) bond motifs is 6. The van der Waals surface area contributed by atoms with Crippen molar-refractivity contribution < 1.29 is 14.4 Å². The second kappa shape index (κ2) is 6.26. The lowest BCUT2D eigenvalue weighted by Gasteiger charge is -2.26. The molecule has 3 aliphatic rings. The van der Waals surface area contributed by atoms with E-state index in [0.29, 0.717) is 12.1 Å². The normalized spacial score (nSPS) is 28.8. The number of nitrogens with zero attached hydrogens (tertiary/aromatic N) is 2. The Labute approximate surface area is 162 Å². The van der Waals surface area contributed by atoms with Gasteiger partial charge in [-0.2, -0.15) is 0 Å². The molecule has 2 fully saturated rings. The maximum atomic E-state index is 13.0. The van der Waals surface area contributed by atoms with Crippen LogP contribution in [-0.2, 0) is 14.4 Å². The molecular formula is C22H21N3O3. The van der Waals surface area contributed by atoms with Crippen LogP contribution in [0.1, 0.15) is 19.8 Å². The van der Waals surface area contributed by atoms with Gasteiger partial charge in [0.1, 0.15) is 6.04 Å². The maximum Gasteiger partial charge on any atom is 0.247 e. The largest absolute Gasteiger partial charge is 0.324 e. The number of likely N-dealkylation sites (tertiary alicyclic amines) is 1. The lowest BCUT2D eigenvalue weighted by atomic mass is 9.85. The second-order valence-corrected chi connectivity index (χ2v) is 7.87. The fraction of sp³-hybridized carbons (Fsp3) is 0.364. The fourth-order valence-corrected chi connectivity index (χ4v) is 5.10. The van der Waals surface area contributed by atoms with Crippen molar-refractivity contribution in [3.05, 3.63) is 48.7 Å². The highest BCUT2D eigenvalue weighted by atomic mass is 16.2. The monoisotopic (exact) mass is 375 g/mol. The van der Waals surface area contributed by atoms with Gasteiger partial charge in [0.2, 0.25) is 17.7 Å². The van der Waals surface area contributed by atoms with Crippen molar-refractivity contribution in [2.75, 3.05) is 5.32 Å². The summed E-state index contributed by atoms with van der Waals surface area (Å²) in [4.78, 5) is 44.5. The number of carbonyl (C=O) groups is 3. The number of hydrogen-bond donors (Lipinski definition) is 1. The summed E-state index contributed by atoms with van der Waals surface area (Å²) >= 11 is 0. The molecule has 2 aliphatic carbocycles. The molecule has 6 nitrogen and oxygen atoms in total. The third-order valence-electron chi connectivity index (χ3n) is 6.38. The number of aromatic nitrogens is 1. The molecule has 5 rings (SSSR count). The van der Waals surface area contributed by atoms with E-state index in [1.807, 2.05) is 31.2 Å². The van der Waals surface area contributed by atoms with Crippen molar-refractivity contribution in [1.29, 1.82) is 0 Å². The molecule has 6 heteroatoms. The lowest BCUT2D eigenvalue weighted by Crippen LogP contribution is -2.48. The van der Waals surface area contributed by atoms with E-state index >= 15 is 0 Å². The van der Waals surface area contributed by atoms with Crippen LogP contribution < -0.4 is 5.32 Å². The number of benzene rings is 1. The van der Waals surface area contributed by atoms with E-state index in [9.17, 15) is 14.4 Å². The second-order valence-electron chi connectivity index (χ2n) is 7.87. The minimum absolute atomic E-state index is 0.144. The molecule has 2 aromatic rings. The minimum atomic E-state index is -0.783. The highest BCUT2D eigenvalue weighted by molar-refractivity contribution is 6.11. The smallest absolute Gasteiger partial charge is 0.247 e. The number of nitrogens with one attached hydrogen (secondary N) is 1. The van der Waals surface area contributed by atoms with Gasteiger partial charge < -0.3 is 5.32 Å². The average Bonchev–Trinajstić information content (AvgIpc) is 3.38. The third kappa shape index (κ3) is 2.40. The van der Waals surface area contributed by atoms with E-state index in [0.717, 1.165) is 17.3 Å². The molecule has 1 saturated carbocycles. The van der Waals surface area contributed by atoms with Crippen molar-refractivity contribution >= 4 is 34.3 Å². The number of anilines is 1. The van der Waals surface area contributed by atoms with Crippen LogP contribution in [0, 0.1) is 23.7 Å². The number of carbonyl (C=O) groups excluding carboxylic acids is 3. The van der Waals surface area contributed by atoms with E-state index < -0.39 is 6.04 Å². The van der Waals surface area contributed by atoms with Gasteiger partial charge >= 0.3 is 0 Å². The molecule has 5 unspecified atom stereocenters. The van der Waals surface area contributed by atoms with Crippen molar-refractivity contribution in [3.8, 4) is 0 Å². The fourth-order valence-electron chi connectivity index (χ4n) is 5.10. The summed E-state index contributed by atoms with van der Waals surface area (Å²) in [6.45, 7) is 1.83. The molecule has 3 amide bonds. The molecule has 1 aliphatic heterocycles. The Bertz CT molecular complexity index is 1000. The minimum Gasteiger partial charge on any atom is -0.324 e. The summed E-state index contributed by atoms with van der Waals surface area (Å²) in [5, 5.41) is 3.79. The topological polar surface area (TPSA) is 79.4 Å². The van der Waals surface area contributed by atoms with Crippen LogP contribution in [0.2, 0.25) is 0 Å². The Morgan fingerprint density at radius 1 is 1.18 bits per heavy atom. The van der Waals surface area contributed by atoms with Crippen molar-refractivity contribution in [1.82, 2.24) is 9.88 Å². The third-order valence-corrected chi connectivity index (χ3v) is 6.38. The standard InChI is InChI=1S/C22H21N3O3/c1-2-17(20(26)24-15-7-8-16-12(11-15)4-3-9-23-16)25-21(27)18-13-5-6-14(10-13)19(18)22(25)28/h3-9,11,13-14,17-19H,2,10H2,1H3,(H,24,26). The number of amides is 3. The number of rotatable bonds is 4. The van der Waals surface area contributed by atoms with Gasteiger partial charge in [-0.3, -0.25) is 24.3 Å². The number of hydrogen-bond acceptors (Lipinski definition) is 4. The summed E-state index contributed by atoms with van der Waals surface area (Å²) in [6, 6.07) is 8.45. The van der Waals surface area contributed by atoms with Crippen LogP contribution in [0.15, 0.2) is 48.7 Å². The van der Waals surface area contributed by atoms with Gasteiger partial charge in [-0.05, 0) is 48.9 Å². The van der Waals surface area contributed by atoms with E-state index in [-0.39, 0.29) is 41.4 Å². The number of imide groups is 1. The van der Waals surface area contributed by atoms with E-state index in [1.54, 1.807) is 12.3 Å². The molecule has 1 N–H and O–H groups in total. The zero-order chi connectivity index (χ0) is 19.4. The summed E-state index contributed by atoms with van der Waals surface area (Å²) in [6.07, 6.45) is 7.11. The van der Waals surface area contributed by atoms with Crippen LogP contribution in [0.3, 0.4) is 0 Å². The summed E-state index contributed by atoms with van der Waals surface area (Å²) in [7, 11) is 0. The van der Waals surface area contributed by atoms with Gasteiger partial charge in [0.15, 0.2) is 0 Å². The maximum absolute atomic E-state index is 13.0.